The van der Waals surface area contributed by atoms with Crippen molar-refractivity contribution in [1.82, 2.24) is 15.5 Å². The lowest BCUT2D eigenvalue weighted by Crippen LogP contribution is -2.34. The number of nitrogen functional groups attached to an aromatic ring is 1. The molecular formula is C22H19N5O3. The number of para-hydroxylation sites is 1. The third kappa shape index (κ3) is 3.08. The van der Waals surface area contributed by atoms with Crippen LogP contribution in [0.2, 0.25) is 0 Å². The Morgan fingerprint density at radius 2 is 1.77 bits per heavy atom. The molecule has 150 valence electrons. The third-order valence-electron chi connectivity index (χ3n) is 5.33. The maximum absolute atomic E-state index is 12.8. The molecule has 8 heteroatoms. The van der Waals surface area contributed by atoms with Gasteiger partial charge in [0.2, 0.25) is 0 Å². The van der Waals surface area contributed by atoms with Crippen molar-refractivity contribution >= 4 is 34.4 Å². The molecule has 2 aromatic carbocycles. The first kappa shape index (κ1) is 18.0. The summed E-state index contributed by atoms with van der Waals surface area (Å²) in [6, 6.07) is 18.2. The highest BCUT2D eigenvalue weighted by molar-refractivity contribution is 6.10. The molecule has 5 rings (SSSR count). The Balaban J connectivity index is 1.36. The first-order chi connectivity index (χ1) is 14.6. The normalized spacial score (nSPS) is 14.4. The minimum atomic E-state index is -0.412. The smallest absolute Gasteiger partial charge is 0.287 e. The van der Waals surface area contributed by atoms with Crippen LogP contribution >= 0.6 is 0 Å². The van der Waals surface area contributed by atoms with Gasteiger partial charge in [0.05, 0.1) is 11.1 Å². The van der Waals surface area contributed by atoms with Crippen LogP contribution < -0.4 is 16.4 Å². The molecule has 0 unspecified atom stereocenters. The van der Waals surface area contributed by atoms with Crippen LogP contribution in [-0.4, -0.2) is 22.0 Å². The number of carbonyl (C=O) groups excluding carboxylic acids is 2. The van der Waals surface area contributed by atoms with E-state index in [1.165, 1.54) is 0 Å². The summed E-state index contributed by atoms with van der Waals surface area (Å²) in [4.78, 5) is 25.3. The lowest BCUT2D eigenvalue weighted by molar-refractivity contribution is 0.0904. The standard InChI is InChI=1S/C22H19N5O3/c23-15-9-5-4-8-14(15)20(28)24-19-18-16(26-27-19)12-17(30-18)21(29)25-22(10-11-22)13-6-2-1-3-7-13/h1-9,12H,10-11,23H2,(H,25,29)(H2,24,26,27,28). The van der Waals surface area contributed by atoms with E-state index >= 15 is 0 Å². The average Bonchev–Trinajstić information content (AvgIpc) is 3.26. The minimum absolute atomic E-state index is 0.149. The molecule has 30 heavy (non-hydrogen) atoms. The summed E-state index contributed by atoms with van der Waals surface area (Å²) in [6.45, 7) is 0. The van der Waals surface area contributed by atoms with Crippen molar-refractivity contribution in [2.75, 3.05) is 11.1 Å². The van der Waals surface area contributed by atoms with Crippen molar-refractivity contribution in [1.29, 1.82) is 0 Å². The Hall–Kier alpha value is -4.07. The predicted octanol–water partition coefficient (Wildman–Crippen LogP) is 3.41. The molecule has 0 atom stereocenters. The van der Waals surface area contributed by atoms with Gasteiger partial charge in [-0.2, -0.15) is 5.10 Å². The summed E-state index contributed by atoms with van der Waals surface area (Å²) in [7, 11) is 0. The zero-order valence-corrected chi connectivity index (χ0v) is 15.9. The summed E-state index contributed by atoms with van der Waals surface area (Å²) in [6.07, 6.45) is 1.76. The van der Waals surface area contributed by atoms with E-state index in [-0.39, 0.29) is 23.0 Å². The SMILES string of the molecule is Nc1ccccc1C(=O)Nc1n[nH]c2cc(C(=O)NC3(c4ccccc4)CC3)oc12. The summed E-state index contributed by atoms with van der Waals surface area (Å²) in [5, 5.41) is 12.6. The Kier molecular flexibility index (Phi) is 4.06. The molecule has 1 fully saturated rings. The van der Waals surface area contributed by atoms with Gasteiger partial charge in [-0.25, -0.2) is 0 Å². The van der Waals surface area contributed by atoms with Gasteiger partial charge in [-0.3, -0.25) is 14.7 Å². The van der Waals surface area contributed by atoms with E-state index in [4.69, 9.17) is 10.2 Å². The number of nitrogens with two attached hydrogens (primary N) is 1. The number of hydrogen-bond acceptors (Lipinski definition) is 5. The van der Waals surface area contributed by atoms with Crippen LogP contribution in [0.25, 0.3) is 11.1 Å². The fourth-order valence-corrected chi connectivity index (χ4v) is 3.54. The maximum Gasteiger partial charge on any atom is 0.287 e. The fraction of sp³-hybridized carbons (Fsp3) is 0.136. The van der Waals surface area contributed by atoms with Crippen molar-refractivity contribution in [3.63, 3.8) is 0 Å². The highest BCUT2D eigenvalue weighted by atomic mass is 16.3. The largest absolute Gasteiger partial charge is 0.445 e. The summed E-state index contributed by atoms with van der Waals surface area (Å²) in [5.41, 5.74) is 8.08. The number of fused-ring (bicyclic) bond motifs is 1. The van der Waals surface area contributed by atoms with Gasteiger partial charge in [0, 0.05) is 11.8 Å². The topological polar surface area (TPSA) is 126 Å². The van der Waals surface area contributed by atoms with Crippen molar-refractivity contribution < 1.29 is 14.0 Å². The predicted molar refractivity (Wildman–Crippen MR) is 112 cm³/mol. The number of benzene rings is 2. The van der Waals surface area contributed by atoms with E-state index in [1.54, 1.807) is 30.3 Å². The lowest BCUT2D eigenvalue weighted by Gasteiger charge is -2.16. The third-order valence-corrected chi connectivity index (χ3v) is 5.33. The molecule has 1 aliphatic carbocycles. The Morgan fingerprint density at radius 3 is 2.50 bits per heavy atom. The number of nitrogens with zero attached hydrogens (tertiary/aromatic N) is 1. The number of furan rings is 1. The summed E-state index contributed by atoms with van der Waals surface area (Å²) in [5.74, 6) is -0.382. The second kappa shape index (κ2) is 6.77. The van der Waals surface area contributed by atoms with Gasteiger partial charge < -0.3 is 20.8 Å². The monoisotopic (exact) mass is 401 g/mol. The van der Waals surface area contributed by atoms with Gasteiger partial charge in [0.1, 0.15) is 5.52 Å². The number of hydrogen-bond donors (Lipinski definition) is 4. The quantitative estimate of drug-likeness (QED) is 0.381. The van der Waals surface area contributed by atoms with Gasteiger partial charge >= 0.3 is 0 Å². The molecule has 8 nitrogen and oxygen atoms in total. The van der Waals surface area contributed by atoms with Crippen molar-refractivity contribution in [3.05, 3.63) is 77.6 Å². The van der Waals surface area contributed by atoms with Crippen LogP contribution in [0.1, 0.15) is 39.3 Å². The molecule has 2 heterocycles. The first-order valence-electron chi connectivity index (χ1n) is 9.57. The molecule has 4 aromatic rings. The van der Waals surface area contributed by atoms with Crippen molar-refractivity contribution in [2.45, 2.75) is 18.4 Å². The van der Waals surface area contributed by atoms with E-state index in [0.29, 0.717) is 22.4 Å². The number of nitrogens with one attached hydrogen (secondary N) is 3. The van der Waals surface area contributed by atoms with E-state index in [2.05, 4.69) is 20.8 Å². The Morgan fingerprint density at radius 1 is 1.03 bits per heavy atom. The molecule has 0 aliphatic heterocycles. The molecule has 2 amide bonds. The fourth-order valence-electron chi connectivity index (χ4n) is 3.54. The second-order valence-corrected chi connectivity index (χ2v) is 7.37. The highest BCUT2D eigenvalue weighted by Crippen LogP contribution is 2.45. The average molecular weight is 401 g/mol. The van der Waals surface area contributed by atoms with Gasteiger partial charge in [-0.1, -0.05) is 42.5 Å². The number of rotatable bonds is 5. The van der Waals surface area contributed by atoms with Gasteiger partial charge in [0.25, 0.3) is 11.8 Å². The zero-order chi connectivity index (χ0) is 20.7. The first-order valence-corrected chi connectivity index (χ1v) is 9.57. The van der Waals surface area contributed by atoms with E-state index in [1.807, 2.05) is 30.3 Å². The highest BCUT2D eigenvalue weighted by Gasteiger charge is 2.46. The van der Waals surface area contributed by atoms with Gasteiger partial charge in [-0.15, -0.1) is 0 Å². The summed E-state index contributed by atoms with van der Waals surface area (Å²) >= 11 is 0. The van der Waals surface area contributed by atoms with Crippen LogP contribution in [0.15, 0.2) is 65.1 Å². The van der Waals surface area contributed by atoms with Crippen LogP contribution in [0.5, 0.6) is 0 Å². The zero-order valence-electron chi connectivity index (χ0n) is 15.9. The van der Waals surface area contributed by atoms with Crippen LogP contribution in [0.4, 0.5) is 11.5 Å². The molecule has 5 N–H and O–H groups in total. The van der Waals surface area contributed by atoms with E-state index < -0.39 is 5.91 Å². The number of amides is 2. The lowest BCUT2D eigenvalue weighted by atomic mass is 10.1. The van der Waals surface area contributed by atoms with Crippen LogP contribution in [0.3, 0.4) is 0 Å². The summed E-state index contributed by atoms with van der Waals surface area (Å²) < 4.78 is 5.73. The molecule has 1 aliphatic rings. The van der Waals surface area contributed by atoms with Crippen LogP contribution in [0, 0.1) is 0 Å². The van der Waals surface area contributed by atoms with Crippen molar-refractivity contribution in [2.24, 2.45) is 0 Å². The Bertz CT molecular complexity index is 1250. The number of carbonyl (C=O) groups is 2. The molecule has 0 saturated heterocycles. The molecule has 0 radical (unpaired) electrons. The minimum Gasteiger partial charge on any atom is -0.445 e. The number of anilines is 2. The number of aromatic amines is 1. The second-order valence-electron chi connectivity index (χ2n) is 7.37. The molecule has 0 bridgehead atoms. The van der Waals surface area contributed by atoms with Gasteiger partial charge in [-0.05, 0) is 30.5 Å². The number of aromatic nitrogens is 2. The molecule has 2 aromatic heterocycles. The maximum atomic E-state index is 12.8. The van der Waals surface area contributed by atoms with Gasteiger partial charge in [0.15, 0.2) is 17.2 Å². The van der Waals surface area contributed by atoms with Crippen LogP contribution in [-0.2, 0) is 5.54 Å². The molecule has 1 saturated carbocycles. The van der Waals surface area contributed by atoms with E-state index in [0.717, 1.165) is 18.4 Å². The molecular weight excluding hydrogens is 382 g/mol. The van der Waals surface area contributed by atoms with E-state index in [9.17, 15) is 9.59 Å². The molecule has 0 spiro atoms. The number of H-pyrrole nitrogens is 1. The Labute approximate surface area is 171 Å². The van der Waals surface area contributed by atoms with Crippen molar-refractivity contribution in [3.8, 4) is 0 Å².